The Labute approximate surface area is 92.9 Å². The maximum Gasteiger partial charge on any atom is 0.0389 e. The fraction of sp³-hybridized carbons (Fsp3) is 0.571. The second kappa shape index (κ2) is 3.34. The normalized spacial score (nSPS) is 23.7. The van der Waals surface area contributed by atoms with Crippen LogP contribution in [0.5, 0.6) is 0 Å². The van der Waals surface area contributed by atoms with Gasteiger partial charge in [0.15, 0.2) is 0 Å². The van der Waals surface area contributed by atoms with E-state index in [1.807, 2.05) is 0 Å². The Morgan fingerprint density at radius 1 is 1.13 bits per heavy atom. The van der Waals surface area contributed by atoms with E-state index < -0.39 is 0 Å². The fourth-order valence-electron chi connectivity index (χ4n) is 2.75. The van der Waals surface area contributed by atoms with Gasteiger partial charge in [0.2, 0.25) is 0 Å². The van der Waals surface area contributed by atoms with Gasteiger partial charge in [-0.2, -0.15) is 0 Å². The van der Waals surface area contributed by atoms with Gasteiger partial charge in [0.25, 0.3) is 0 Å². The maximum atomic E-state index is 3.55. The van der Waals surface area contributed by atoms with Gasteiger partial charge in [0.1, 0.15) is 0 Å². The van der Waals surface area contributed by atoms with Gasteiger partial charge in [-0.05, 0) is 42.9 Å². The van der Waals surface area contributed by atoms with E-state index in [-0.39, 0.29) is 0 Å². The van der Waals surface area contributed by atoms with Crippen LogP contribution in [0.4, 0.5) is 0 Å². The highest BCUT2D eigenvalue weighted by Gasteiger charge is 2.40. The van der Waals surface area contributed by atoms with Crippen LogP contribution in [0, 0.1) is 26.2 Å². The average molecular weight is 203 g/mol. The summed E-state index contributed by atoms with van der Waals surface area (Å²) in [5.74, 6) is 0. The molecule has 0 aliphatic carbocycles. The van der Waals surface area contributed by atoms with Crippen molar-refractivity contribution in [2.75, 3.05) is 6.54 Å². The molecule has 0 bridgehead atoms. The summed E-state index contributed by atoms with van der Waals surface area (Å²) in [7, 11) is 0. The number of aryl methyl sites for hydroxylation is 3. The second-order valence-electron chi connectivity index (χ2n) is 5.61. The molecule has 1 heterocycles. The molecule has 0 amide bonds. The first-order chi connectivity index (χ1) is 6.92. The second-order valence-corrected chi connectivity index (χ2v) is 5.61. The minimum atomic E-state index is 0.408. The molecule has 0 saturated carbocycles. The summed E-state index contributed by atoms with van der Waals surface area (Å²) in [6.07, 6.45) is 0. The van der Waals surface area contributed by atoms with Gasteiger partial charge in [-0.15, -0.1) is 0 Å². The monoisotopic (exact) mass is 203 g/mol. The van der Waals surface area contributed by atoms with Gasteiger partial charge in [0.05, 0.1) is 0 Å². The lowest BCUT2D eigenvalue weighted by Crippen LogP contribution is -2.52. The van der Waals surface area contributed by atoms with Crippen LogP contribution in [0.2, 0.25) is 0 Å². The van der Waals surface area contributed by atoms with Crippen LogP contribution in [-0.4, -0.2) is 6.54 Å². The van der Waals surface area contributed by atoms with Crippen molar-refractivity contribution in [1.82, 2.24) is 5.32 Å². The van der Waals surface area contributed by atoms with Crippen molar-refractivity contribution < 1.29 is 0 Å². The number of hydrogen-bond acceptors (Lipinski definition) is 1. The van der Waals surface area contributed by atoms with E-state index in [0.717, 1.165) is 6.54 Å². The Hall–Kier alpha value is -0.820. The summed E-state index contributed by atoms with van der Waals surface area (Å²) in [6, 6.07) is 5.12. The van der Waals surface area contributed by atoms with Crippen LogP contribution in [0.15, 0.2) is 12.1 Å². The molecule has 1 atom stereocenters. The zero-order chi connectivity index (χ0) is 11.2. The molecule has 1 aliphatic rings. The van der Waals surface area contributed by atoms with E-state index >= 15 is 0 Å². The summed E-state index contributed by atoms with van der Waals surface area (Å²) in [5, 5.41) is 3.55. The minimum absolute atomic E-state index is 0.408. The van der Waals surface area contributed by atoms with Crippen LogP contribution in [0.25, 0.3) is 0 Å². The Balaban J connectivity index is 2.45. The van der Waals surface area contributed by atoms with E-state index in [2.05, 4.69) is 52.1 Å². The summed E-state index contributed by atoms with van der Waals surface area (Å²) < 4.78 is 0. The molecule has 0 spiro atoms. The molecule has 15 heavy (non-hydrogen) atoms. The predicted octanol–water partition coefficient (Wildman–Crippen LogP) is 3.28. The van der Waals surface area contributed by atoms with E-state index in [0.29, 0.717) is 11.5 Å². The third-order valence-corrected chi connectivity index (χ3v) is 3.57. The van der Waals surface area contributed by atoms with Crippen molar-refractivity contribution in [3.05, 3.63) is 34.4 Å². The lowest BCUT2D eigenvalue weighted by molar-refractivity contribution is 0.127. The summed E-state index contributed by atoms with van der Waals surface area (Å²) >= 11 is 0. The molecule has 82 valence electrons. The largest absolute Gasteiger partial charge is 0.309 e. The molecular formula is C14H21N. The first kappa shape index (κ1) is 10.7. The highest BCUT2D eigenvalue weighted by atomic mass is 15.0. The molecule has 1 nitrogen and oxygen atoms in total. The van der Waals surface area contributed by atoms with Crippen molar-refractivity contribution in [3.63, 3.8) is 0 Å². The number of benzene rings is 1. The zero-order valence-corrected chi connectivity index (χ0v) is 10.4. The predicted molar refractivity (Wildman–Crippen MR) is 65.2 cm³/mol. The van der Waals surface area contributed by atoms with Crippen LogP contribution in [0.1, 0.15) is 42.1 Å². The smallest absolute Gasteiger partial charge is 0.0389 e. The molecule has 1 fully saturated rings. The molecule has 1 aliphatic heterocycles. The summed E-state index contributed by atoms with van der Waals surface area (Å²) in [5.41, 5.74) is 6.14. The Bertz CT molecular complexity index is 367. The van der Waals surface area contributed by atoms with Crippen molar-refractivity contribution in [3.8, 4) is 0 Å². The number of nitrogens with one attached hydrogen (secondary N) is 1. The van der Waals surface area contributed by atoms with E-state index in [4.69, 9.17) is 0 Å². The third kappa shape index (κ3) is 1.69. The molecular weight excluding hydrogens is 182 g/mol. The SMILES string of the molecule is Cc1cc(C)c(C2NCC2(C)C)c(C)c1. The molecule has 1 saturated heterocycles. The van der Waals surface area contributed by atoms with Crippen LogP contribution >= 0.6 is 0 Å². The quantitative estimate of drug-likeness (QED) is 0.738. The minimum Gasteiger partial charge on any atom is -0.309 e. The number of hydrogen-bond donors (Lipinski definition) is 1. The lowest BCUT2D eigenvalue weighted by Gasteiger charge is -2.47. The molecule has 0 aromatic heterocycles. The summed E-state index contributed by atoms with van der Waals surface area (Å²) in [6.45, 7) is 12.4. The van der Waals surface area contributed by atoms with Crippen LogP contribution in [-0.2, 0) is 0 Å². The van der Waals surface area contributed by atoms with E-state index in [1.165, 1.54) is 22.3 Å². The van der Waals surface area contributed by atoms with E-state index in [9.17, 15) is 0 Å². The summed E-state index contributed by atoms with van der Waals surface area (Å²) in [4.78, 5) is 0. The molecule has 0 radical (unpaired) electrons. The van der Waals surface area contributed by atoms with Crippen molar-refractivity contribution in [2.24, 2.45) is 5.41 Å². The first-order valence-corrected chi connectivity index (χ1v) is 5.73. The lowest BCUT2D eigenvalue weighted by atomic mass is 9.71. The van der Waals surface area contributed by atoms with Gasteiger partial charge in [0, 0.05) is 12.6 Å². The first-order valence-electron chi connectivity index (χ1n) is 5.73. The standard InChI is InChI=1S/C14H21N/c1-9-6-10(2)12(11(3)7-9)13-14(4,5)8-15-13/h6-7,13,15H,8H2,1-5H3. The molecule has 2 rings (SSSR count). The highest BCUT2D eigenvalue weighted by molar-refractivity contribution is 5.41. The molecule has 1 aromatic carbocycles. The molecule has 1 aromatic rings. The van der Waals surface area contributed by atoms with Crippen molar-refractivity contribution in [2.45, 2.75) is 40.7 Å². The maximum absolute atomic E-state index is 3.55. The van der Waals surface area contributed by atoms with Crippen LogP contribution < -0.4 is 5.32 Å². The van der Waals surface area contributed by atoms with Gasteiger partial charge in [-0.1, -0.05) is 31.5 Å². The highest BCUT2D eigenvalue weighted by Crippen LogP contribution is 2.42. The molecule has 1 heteroatoms. The zero-order valence-electron chi connectivity index (χ0n) is 10.4. The molecule has 1 unspecified atom stereocenters. The topological polar surface area (TPSA) is 12.0 Å². The molecule has 1 N–H and O–H groups in total. The average Bonchev–Trinajstić information content (AvgIpc) is 2.09. The Morgan fingerprint density at radius 3 is 2.00 bits per heavy atom. The number of rotatable bonds is 1. The van der Waals surface area contributed by atoms with E-state index in [1.54, 1.807) is 0 Å². The van der Waals surface area contributed by atoms with Gasteiger partial charge < -0.3 is 5.32 Å². The Morgan fingerprint density at radius 2 is 1.67 bits per heavy atom. The van der Waals surface area contributed by atoms with Gasteiger partial charge in [-0.3, -0.25) is 0 Å². The van der Waals surface area contributed by atoms with Gasteiger partial charge >= 0.3 is 0 Å². The van der Waals surface area contributed by atoms with Crippen molar-refractivity contribution >= 4 is 0 Å². The van der Waals surface area contributed by atoms with Crippen LogP contribution in [0.3, 0.4) is 0 Å². The fourth-order valence-corrected chi connectivity index (χ4v) is 2.75. The third-order valence-electron chi connectivity index (χ3n) is 3.57. The van der Waals surface area contributed by atoms with Gasteiger partial charge in [-0.25, -0.2) is 0 Å². The Kier molecular flexibility index (Phi) is 2.38. The van der Waals surface area contributed by atoms with Crippen molar-refractivity contribution in [1.29, 1.82) is 0 Å².